The highest BCUT2D eigenvalue weighted by Crippen LogP contribution is 2.26. The van der Waals surface area contributed by atoms with Crippen LogP contribution in [0, 0.1) is 0 Å². The van der Waals surface area contributed by atoms with Gasteiger partial charge in [-0.2, -0.15) is 5.10 Å². The Balaban J connectivity index is 1.72. The van der Waals surface area contributed by atoms with Gasteiger partial charge in [0.15, 0.2) is 5.78 Å². The summed E-state index contributed by atoms with van der Waals surface area (Å²) in [6.45, 7) is 0. The minimum Gasteiger partial charge on any atom is -0.289 e. The summed E-state index contributed by atoms with van der Waals surface area (Å²) >= 11 is 9.42. The van der Waals surface area contributed by atoms with Crippen LogP contribution in [0.4, 0.5) is 0 Å². The fourth-order valence-electron chi connectivity index (χ4n) is 2.93. The molecule has 0 aliphatic rings. The Bertz CT molecular complexity index is 1160. The van der Waals surface area contributed by atoms with Crippen LogP contribution in [-0.2, 0) is 0 Å². The number of aromatic nitrogens is 2. The Morgan fingerprint density at radius 3 is 2.31 bits per heavy atom. The van der Waals surface area contributed by atoms with E-state index < -0.39 is 0 Å². The molecule has 0 saturated heterocycles. The summed E-state index contributed by atoms with van der Waals surface area (Å²) in [5, 5.41) is 5.41. The largest absolute Gasteiger partial charge is 0.289 e. The van der Waals surface area contributed by atoms with E-state index in [0.717, 1.165) is 27.0 Å². The molecule has 142 valence electrons. The zero-order chi connectivity index (χ0) is 20.2. The van der Waals surface area contributed by atoms with Crippen LogP contribution in [0.15, 0.2) is 95.6 Å². The number of rotatable bonds is 5. The van der Waals surface area contributed by atoms with Crippen molar-refractivity contribution >= 4 is 39.4 Å². The molecule has 0 unspecified atom stereocenters. The van der Waals surface area contributed by atoms with Crippen LogP contribution in [-0.4, -0.2) is 15.6 Å². The summed E-state index contributed by atoms with van der Waals surface area (Å²) in [6, 6.07) is 24.7. The van der Waals surface area contributed by atoms with E-state index in [2.05, 4.69) is 15.9 Å². The molecule has 0 bridgehead atoms. The first kappa shape index (κ1) is 19.4. The third kappa shape index (κ3) is 4.56. The van der Waals surface area contributed by atoms with E-state index in [1.807, 2.05) is 77.6 Å². The molecule has 4 rings (SSSR count). The quantitative estimate of drug-likeness (QED) is 0.239. The molecule has 0 fully saturated rings. The number of halogens is 2. The van der Waals surface area contributed by atoms with Crippen LogP contribution in [0.2, 0.25) is 5.02 Å². The van der Waals surface area contributed by atoms with Crippen molar-refractivity contribution in [1.29, 1.82) is 0 Å². The Hall–Kier alpha value is -2.95. The Morgan fingerprint density at radius 1 is 0.931 bits per heavy atom. The van der Waals surface area contributed by atoms with Gasteiger partial charge >= 0.3 is 0 Å². The first-order valence-corrected chi connectivity index (χ1v) is 10.2. The van der Waals surface area contributed by atoms with Crippen molar-refractivity contribution in [2.24, 2.45) is 0 Å². The summed E-state index contributed by atoms with van der Waals surface area (Å²) < 4.78 is 2.75. The molecule has 0 aliphatic heterocycles. The normalized spacial score (nSPS) is 11.1. The molecule has 0 aliphatic carbocycles. The minimum atomic E-state index is -0.0629. The molecule has 3 aromatic carbocycles. The molecule has 0 radical (unpaired) electrons. The molecule has 0 atom stereocenters. The number of hydrogen-bond donors (Lipinski definition) is 0. The summed E-state index contributed by atoms with van der Waals surface area (Å²) in [6.07, 6.45) is 5.31. The smallest absolute Gasteiger partial charge is 0.185 e. The van der Waals surface area contributed by atoms with Crippen LogP contribution in [0.25, 0.3) is 23.0 Å². The van der Waals surface area contributed by atoms with E-state index in [-0.39, 0.29) is 5.78 Å². The first-order valence-electron chi connectivity index (χ1n) is 8.99. The van der Waals surface area contributed by atoms with Gasteiger partial charge in [-0.15, -0.1) is 0 Å². The number of carbonyl (C=O) groups excluding carboxylic acids is 1. The Labute approximate surface area is 182 Å². The molecule has 0 spiro atoms. The number of ketones is 1. The van der Waals surface area contributed by atoms with Crippen molar-refractivity contribution < 1.29 is 4.79 Å². The van der Waals surface area contributed by atoms with E-state index in [1.165, 1.54) is 0 Å². The van der Waals surface area contributed by atoms with Gasteiger partial charge in [0.1, 0.15) is 0 Å². The highest BCUT2D eigenvalue weighted by Gasteiger charge is 2.11. The van der Waals surface area contributed by atoms with Gasteiger partial charge < -0.3 is 0 Å². The third-order valence-electron chi connectivity index (χ3n) is 4.42. The standard InChI is InChI=1S/C24H16BrClN2O/c25-20-11-6-17(7-12-20)23(29)15-10-19-16-28(22-4-2-1-3-5-22)27-24(19)18-8-13-21(26)14-9-18/h1-16H/b15-10+. The molecule has 0 N–H and O–H groups in total. The summed E-state index contributed by atoms with van der Waals surface area (Å²) in [5.41, 5.74) is 4.14. The molecule has 1 aromatic heterocycles. The number of carbonyl (C=O) groups is 1. The maximum absolute atomic E-state index is 12.6. The van der Waals surface area contributed by atoms with Gasteiger partial charge in [0.25, 0.3) is 0 Å². The number of nitrogens with zero attached hydrogens (tertiary/aromatic N) is 2. The lowest BCUT2D eigenvalue weighted by Crippen LogP contribution is -1.93. The van der Waals surface area contributed by atoms with Crippen molar-refractivity contribution in [1.82, 2.24) is 9.78 Å². The maximum Gasteiger partial charge on any atom is 0.185 e. The van der Waals surface area contributed by atoms with Crippen LogP contribution in [0.1, 0.15) is 15.9 Å². The maximum atomic E-state index is 12.6. The van der Waals surface area contributed by atoms with Crippen LogP contribution >= 0.6 is 27.5 Å². The molecule has 0 amide bonds. The third-order valence-corrected chi connectivity index (χ3v) is 5.20. The second-order valence-electron chi connectivity index (χ2n) is 6.42. The molecule has 0 saturated carbocycles. The van der Waals surface area contributed by atoms with E-state index in [9.17, 15) is 4.79 Å². The monoisotopic (exact) mass is 462 g/mol. The minimum absolute atomic E-state index is 0.0629. The van der Waals surface area contributed by atoms with Gasteiger partial charge in [-0.25, -0.2) is 4.68 Å². The van der Waals surface area contributed by atoms with Crippen molar-refractivity contribution in [2.45, 2.75) is 0 Å². The lowest BCUT2D eigenvalue weighted by molar-refractivity contribution is 0.104. The molecule has 5 heteroatoms. The predicted octanol–water partition coefficient (Wildman–Crippen LogP) is 6.85. The molecular formula is C24H16BrClN2O. The van der Waals surface area contributed by atoms with Crippen molar-refractivity contribution in [3.8, 4) is 16.9 Å². The second-order valence-corrected chi connectivity index (χ2v) is 7.78. The van der Waals surface area contributed by atoms with Crippen molar-refractivity contribution in [3.05, 3.63) is 112 Å². The molecule has 29 heavy (non-hydrogen) atoms. The summed E-state index contributed by atoms with van der Waals surface area (Å²) in [4.78, 5) is 12.6. The topological polar surface area (TPSA) is 34.9 Å². The van der Waals surface area contributed by atoms with Gasteiger partial charge in [-0.1, -0.05) is 57.9 Å². The van der Waals surface area contributed by atoms with Gasteiger partial charge in [-0.05, 0) is 60.7 Å². The molecule has 1 heterocycles. The van der Waals surface area contributed by atoms with Crippen LogP contribution in [0.5, 0.6) is 0 Å². The zero-order valence-corrected chi connectivity index (χ0v) is 17.6. The van der Waals surface area contributed by atoms with Gasteiger partial charge in [-0.3, -0.25) is 4.79 Å². The van der Waals surface area contributed by atoms with Crippen molar-refractivity contribution in [3.63, 3.8) is 0 Å². The lowest BCUT2D eigenvalue weighted by Gasteiger charge is -2.01. The first-order chi connectivity index (χ1) is 14.1. The summed E-state index contributed by atoms with van der Waals surface area (Å²) in [7, 11) is 0. The Kier molecular flexibility index (Phi) is 5.74. The number of benzene rings is 3. The van der Waals surface area contributed by atoms with Crippen molar-refractivity contribution in [2.75, 3.05) is 0 Å². The lowest BCUT2D eigenvalue weighted by atomic mass is 10.1. The van der Waals surface area contributed by atoms with Crippen LogP contribution < -0.4 is 0 Å². The number of para-hydroxylation sites is 1. The van der Waals surface area contributed by atoms with E-state index in [1.54, 1.807) is 24.3 Å². The van der Waals surface area contributed by atoms with E-state index in [0.29, 0.717) is 10.6 Å². The fraction of sp³-hybridized carbons (Fsp3) is 0. The summed E-state index contributed by atoms with van der Waals surface area (Å²) in [5.74, 6) is -0.0629. The predicted molar refractivity (Wildman–Crippen MR) is 122 cm³/mol. The molecule has 3 nitrogen and oxygen atoms in total. The van der Waals surface area contributed by atoms with E-state index in [4.69, 9.17) is 16.7 Å². The van der Waals surface area contributed by atoms with Gasteiger partial charge in [0.2, 0.25) is 0 Å². The number of hydrogen-bond acceptors (Lipinski definition) is 2. The SMILES string of the molecule is O=C(/C=C/c1cn(-c2ccccc2)nc1-c1ccc(Cl)cc1)c1ccc(Br)cc1. The Morgan fingerprint density at radius 2 is 1.62 bits per heavy atom. The molecular weight excluding hydrogens is 448 g/mol. The van der Waals surface area contributed by atoms with Crippen LogP contribution in [0.3, 0.4) is 0 Å². The highest BCUT2D eigenvalue weighted by atomic mass is 79.9. The number of allylic oxidation sites excluding steroid dienone is 1. The fourth-order valence-corrected chi connectivity index (χ4v) is 3.32. The van der Waals surface area contributed by atoms with E-state index >= 15 is 0 Å². The highest BCUT2D eigenvalue weighted by molar-refractivity contribution is 9.10. The second kappa shape index (κ2) is 8.60. The van der Waals surface area contributed by atoms with Gasteiger partial charge in [0.05, 0.1) is 11.4 Å². The zero-order valence-electron chi connectivity index (χ0n) is 15.3. The van der Waals surface area contributed by atoms with Gasteiger partial charge in [0, 0.05) is 32.4 Å². The average molecular weight is 464 g/mol. The average Bonchev–Trinajstić information content (AvgIpc) is 3.18. The molecule has 4 aromatic rings.